The molecule has 180 valence electrons. The highest BCUT2D eigenvalue weighted by Crippen LogP contribution is 2.33. The lowest BCUT2D eigenvalue weighted by atomic mass is 10.1. The molecule has 0 bridgehead atoms. The maximum Gasteiger partial charge on any atom is 0.431 e. The molecule has 0 amide bonds. The second kappa shape index (κ2) is 9.22. The van der Waals surface area contributed by atoms with E-state index in [2.05, 4.69) is 0 Å². The monoisotopic (exact) mass is 489 g/mol. The summed E-state index contributed by atoms with van der Waals surface area (Å²) in [6, 6.07) is 29.1. The SMILES string of the molecule is O=c1c(C(F)(F)F)c(O)[n+](Cc2ccccc2Oc2ccccc2)c2cccc(-c3ccccc3)n12. The average Bonchev–Trinajstić information content (AvgIpc) is 2.87. The summed E-state index contributed by atoms with van der Waals surface area (Å²) in [7, 11) is 0. The summed E-state index contributed by atoms with van der Waals surface area (Å²) in [4.78, 5) is 13.1. The summed E-state index contributed by atoms with van der Waals surface area (Å²) in [5, 5.41) is 10.8. The summed E-state index contributed by atoms with van der Waals surface area (Å²) in [6.07, 6.45) is -5.08. The van der Waals surface area contributed by atoms with Crippen LogP contribution in [0.4, 0.5) is 13.2 Å². The number of hydrogen-bond donors (Lipinski definition) is 1. The van der Waals surface area contributed by atoms with Crippen LogP contribution in [0, 0.1) is 0 Å². The number of rotatable bonds is 5. The Kier molecular flexibility index (Phi) is 5.93. The summed E-state index contributed by atoms with van der Waals surface area (Å²) in [6.45, 7) is -0.181. The number of aromatic nitrogens is 2. The van der Waals surface area contributed by atoms with Crippen molar-refractivity contribution in [3.05, 3.63) is 125 Å². The van der Waals surface area contributed by atoms with Crippen LogP contribution in [0.5, 0.6) is 17.4 Å². The van der Waals surface area contributed by atoms with Crippen molar-refractivity contribution in [2.75, 3.05) is 0 Å². The smallest absolute Gasteiger partial charge is 0.431 e. The van der Waals surface area contributed by atoms with Crippen molar-refractivity contribution >= 4 is 5.65 Å². The minimum atomic E-state index is -5.08. The first-order chi connectivity index (χ1) is 17.3. The molecule has 5 aromatic rings. The van der Waals surface area contributed by atoms with Crippen molar-refractivity contribution in [2.24, 2.45) is 0 Å². The number of nitrogens with zero attached hydrogens (tertiary/aromatic N) is 2. The van der Waals surface area contributed by atoms with E-state index in [0.717, 1.165) is 8.97 Å². The second-order valence-electron chi connectivity index (χ2n) is 8.08. The average molecular weight is 489 g/mol. The fourth-order valence-electron chi connectivity index (χ4n) is 4.13. The molecule has 36 heavy (non-hydrogen) atoms. The minimum Gasteiger partial charge on any atom is -0.477 e. The molecule has 0 unspecified atom stereocenters. The molecule has 5 nitrogen and oxygen atoms in total. The zero-order valence-electron chi connectivity index (χ0n) is 18.8. The Balaban J connectivity index is 1.74. The van der Waals surface area contributed by atoms with E-state index >= 15 is 0 Å². The maximum absolute atomic E-state index is 14.0. The van der Waals surface area contributed by atoms with Crippen LogP contribution in [0.1, 0.15) is 11.1 Å². The highest BCUT2D eigenvalue weighted by molar-refractivity contribution is 5.62. The molecule has 8 heteroatoms. The molecule has 5 rings (SSSR count). The first-order valence-corrected chi connectivity index (χ1v) is 11.1. The Hall–Kier alpha value is -4.59. The molecular formula is C28H20F3N2O3+. The first-order valence-electron chi connectivity index (χ1n) is 11.1. The highest BCUT2D eigenvalue weighted by Gasteiger charge is 2.44. The summed E-state index contributed by atoms with van der Waals surface area (Å²) >= 11 is 0. The summed E-state index contributed by atoms with van der Waals surface area (Å²) in [5.41, 5.74) is -1.54. The van der Waals surface area contributed by atoms with Gasteiger partial charge in [0, 0.05) is 17.2 Å². The Morgan fingerprint density at radius 3 is 2.14 bits per heavy atom. The molecular weight excluding hydrogens is 469 g/mol. The van der Waals surface area contributed by atoms with Gasteiger partial charge in [0.1, 0.15) is 23.7 Å². The van der Waals surface area contributed by atoms with E-state index in [1.54, 1.807) is 91.0 Å². The van der Waals surface area contributed by atoms with Crippen molar-refractivity contribution in [1.82, 2.24) is 4.40 Å². The standard InChI is InChI=1S/C28H19F3N2O3/c29-28(30,31)25-26(34)32(18-20-12-7-8-16-23(20)36-21-13-5-2-6-14-21)24-17-9-15-22(33(24)27(25)35)19-10-3-1-4-11-19/h1-17H,18H2/p+1. The number of hydrogen-bond acceptors (Lipinski definition) is 3. The van der Waals surface area contributed by atoms with Crippen LogP contribution < -0.4 is 14.9 Å². The third kappa shape index (κ3) is 4.29. The van der Waals surface area contributed by atoms with Crippen LogP contribution in [-0.2, 0) is 12.7 Å². The van der Waals surface area contributed by atoms with Gasteiger partial charge in [0.2, 0.25) is 5.56 Å². The molecule has 0 radical (unpaired) electrons. The van der Waals surface area contributed by atoms with Gasteiger partial charge < -0.3 is 9.84 Å². The normalized spacial score (nSPS) is 11.5. The van der Waals surface area contributed by atoms with E-state index in [4.69, 9.17) is 4.74 Å². The van der Waals surface area contributed by atoms with Gasteiger partial charge in [-0.15, -0.1) is 0 Å². The van der Waals surface area contributed by atoms with Crippen molar-refractivity contribution < 1.29 is 27.6 Å². The predicted molar refractivity (Wildman–Crippen MR) is 128 cm³/mol. The number of ether oxygens (including phenoxy) is 1. The van der Waals surface area contributed by atoms with Crippen LogP contribution in [-0.4, -0.2) is 9.51 Å². The van der Waals surface area contributed by atoms with E-state index in [0.29, 0.717) is 22.6 Å². The van der Waals surface area contributed by atoms with Crippen molar-refractivity contribution in [3.8, 4) is 28.6 Å². The number of fused-ring (bicyclic) bond motifs is 1. The zero-order chi connectivity index (χ0) is 25.3. The van der Waals surface area contributed by atoms with Gasteiger partial charge in [-0.05, 0) is 30.3 Å². The highest BCUT2D eigenvalue weighted by atomic mass is 19.4. The number of pyridine rings is 1. The van der Waals surface area contributed by atoms with Crippen LogP contribution in [0.2, 0.25) is 0 Å². The molecule has 0 saturated carbocycles. The van der Waals surface area contributed by atoms with Crippen molar-refractivity contribution in [2.45, 2.75) is 12.7 Å². The Bertz CT molecular complexity index is 1600. The van der Waals surface area contributed by atoms with Crippen molar-refractivity contribution in [3.63, 3.8) is 0 Å². The van der Waals surface area contributed by atoms with E-state index < -0.39 is 23.2 Å². The van der Waals surface area contributed by atoms with Gasteiger partial charge in [0.05, 0.1) is 0 Å². The van der Waals surface area contributed by atoms with Crippen LogP contribution in [0.3, 0.4) is 0 Å². The molecule has 2 heterocycles. The van der Waals surface area contributed by atoms with Crippen LogP contribution in [0.15, 0.2) is 108 Å². The lowest BCUT2D eigenvalue weighted by Crippen LogP contribution is -2.44. The molecule has 0 saturated heterocycles. The zero-order valence-corrected chi connectivity index (χ0v) is 18.8. The number of para-hydroxylation sites is 2. The molecule has 0 spiro atoms. The third-order valence-electron chi connectivity index (χ3n) is 5.77. The molecule has 2 aromatic heterocycles. The van der Waals surface area contributed by atoms with Gasteiger partial charge in [-0.25, -0.2) is 4.79 Å². The Labute approximate surface area is 203 Å². The van der Waals surface area contributed by atoms with Gasteiger partial charge >= 0.3 is 17.6 Å². The topological polar surface area (TPSA) is 54.8 Å². The van der Waals surface area contributed by atoms with Crippen LogP contribution in [0.25, 0.3) is 16.9 Å². The predicted octanol–water partition coefficient (Wildman–Crippen LogP) is 5.82. The lowest BCUT2D eigenvalue weighted by molar-refractivity contribution is -0.673. The van der Waals surface area contributed by atoms with E-state index in [1.807, 2.05) is 6.07 Å². The molecule has 0 atom stereocenters. The number of halogens is 3. The molecule has 0 aliphatic heterocycles. The first kappa shape index (κ1) is 23.2. The summed E-state index contributed by atoms with van der Waals surface area (Å²) in [5.74, 6) is -0.199. The Morgan fingerprint density at radius 2 is 1.44 bits per heavy atom. The fraction of sp³-hybridized carbons (Fsp3) is 0.0714. The van der Waals surface area contributed by atoms with Gasteiger partial charge in [-0.1, -0.05) is 66.7 Å². The van der Waals surface area contributed by atoms with Crippen molar-refractivity contribution in [1.29, 1.82) is 0 Å². The molecule has 0 fully saturated rings. The van der Waals surface area contributed by atoms with Gasteiger partial charge in [0.15, 0.2) is 0 Å². The molecule has 3 aromatic carbocycles. The Morgan fingerprint density at radius 1 is 0.806 bits per heavy atom. The lowest BCUT2D eigenvalue weighted by Gasteiger charge is -2.15. The molecule has 0 aliphatic rings. The fourth-order valence-corrected chi connectivity index (χ4v) is 4.13. The van der Waals surface area contributed by atoms with E-state index in [-0.39, 0.29) is 17.9 Å². The second-order valence-corrected chi connectivity index (χ2v) is 8.08. The minimum absolute atomic E-state index is 0.0985. The largest absolute Gasteiger partial charge is 0.477 e. The third-order valence-corrected chi connectivity index (χ3v) is 5.77. The van der Waals surface area contributed by atoms with E-state index in [1.165, 1.54) is 6.07 Å². The number of alkyl halides is 3. The number of benzene rings is 3. The van der Waals surface area contributed by atoms with Gasteiger partial charge in [-0.2, -0.15) is 22.1 Å². The van der Waals surface area contributed by atoms with Gasteiger partial charge in [-0.3, -0.25) is 0 Å². The quantitative estimate of drug-likeness (QED) is 0.317. The van der Waals surface area contributed by atoms with Gasteiger partial charge in [0.25, 0.3) is 5.65 Å². The molecule has 1 N–H and O–H groups in total. The molecule has 0 aliphatic carbocycles. The van der Waals surface area contributed by atoms with E-state index in [9.17, 15) is 23.1 Å². The number of aromatic hydroxyl groups is 1. The maximum atomic E-state index is 14.0. The van der Waals surface area contributed by atoms with Crippen LogP contribution >= 0.6 is 0 Å². The summed E-state index contributed by atoms with van der Waals surface area (Å²) < 4.78 is 50.2.